The van der Waals surface area contributed by atoms with Crippen molar-refractivity contribution in [1.29, 1.82) is 0 Å². The van der Waals surface area contributed by atoms with Gasteiger partial charge in [-0.1, -0.05) is 13.8 Å². The SMILES string of the molecule is CC(C)CNc1cc(F)cc(F)c1N. The number of nitrogens with two attached hydrogens (primary N) is 1. The molecule has 0 amide bonds. The van der Waals surface area contributed by atoms with E-state index in [1.54, 1.807) is 0 Å². The molecule has 0 aliphatic heterocycles. The van der Waals surface area contributed by atoms with Gasteiger partial charge in [0.1, 0.15) is 5.82 Å². The fourth-order valence-electron chi connectivity index (χ4n) is 1.05. The standard InChI is InChI=1S/C10H14F2N2/c1-6(2)5-14-9-4-7(11)3-8(12)10(9)13/h3-4,6,14H,5,13H2,1-2H3. The summed E-state index contributed by atoms with van der Waals surface area (Å²) in [5, 5.41) is 2.89. The molecule has 0 radical (unpaired) electrons. The average Bonchev–Trinajstić information content (AvgIpc) is 2.08. The minimum atomic E-state index is -0.726. The summed E-state index contributed by atoms with van der Waals surface area (Å²) in [5.41, 5.74) is 5.71. The van der Waals surface area contributed by atoms with Crippen molar-refractivity contribution in [2.24, 2.45) is 5.92 Å². The van der Waals surface area contributed by atoms with E-state index in [1.807, 2.05) is 13.8 Å². The molecule has 0 spiro atoms. The van der Waals surface area contributed by atoms with E-state index in [0.717, 1.165) is 6.07 Å². The number of nitrogen functional groups attached to an aromatic ring is 1. The van der Waals surface area contributed by atoms with Gasteiger partial charge in [0.15, 0.2) is 5.82 Å². The van der Waals surface area contributed by atoms with Crippen LogP contribution in [0.4, 0.5) is 20.2 Å². The third-order valence-corrected chi connectivity index (χ3v) is 1.80. The van der Waals surface area contributed by atoms with Crippen molar-refractivity contribution in [3.05, 3.63) is 23.8 Å². The fourth-order valence-corrected chi connectivity index (χ4v) is 1.05. The maximum atomic E-state index is 13.0. The van der Waals surface area contributed by atoms with Crippen molar-refractivity contribution >= 4 is 11.4 Å². The highest BCUT2D eigenvalue weighted by atomic mass is 19.1. The smallest absolute Gasteiger partial charge is 0.151 e. The van der Waals surface area contributed by atoms with Gasteiger partial charge in [0.25, 0.3) is 0 Å². The number of hydrogen-bond donors (Lipinski definition) is 2. The zero-order valence-electron chi connectivity index (χ0n) is 8.27. The molecule has 1 aromatic rings. The van der Waals surface area contributed by atoms with Crippen molar-refractivity contribution in [3.8, 4) is 0 Å². The maximum absolute atomic E-state index is 13.0. The summed E-state index contributed by atoms with van der Waals surface area (Å²) in [6.07, 6.45) is 0. The first kappa shape index (κ1) is 10.8. The van der Waals surface area contributed by atoms with Crippen LogP contribution in [0.25, 0.3) is 0 Å². The second kappa shape index (κ2) is 4.26. The molecule has 78 valence electrons. The van der Waals surface area contributed by atoms with Gasteiger partial charge in [-0.15, -0.1) is 0 Å². The molecule has 0 unspecified atom stereocenters. The van der Waals surface area contributed by atoms with Crippen molar-refractivity contribution in [2.75, 3.05) is 17.6 Å². The van der Waals surface area contributed by atoms with Crippen LogP contribution >= 0.6 is 0 Å². The van der Waals surface area contributed by atoms with E-state index in [4.69, 9.17) is 5.73 Å². The molecule has 0 saturated carbocycles. The highest BCUT2D eigenvalue weighted by molar-refractivity contribution is 5.66. The third kappa shape index (κ3) is 2.58. The van der Waals surface area contributed by atoms with Crippen LogP contribution in [0.1, 0.15) is 13.8 Å². The normalized spacial score (nSPS) is 10.6. The van der Waals surface area contributed by atoms with Gasteiger partial charge >= 0.3 is 0 Å². The van der Waals surface area contributed by atoms with Gasteiger partial charge < -0.3 is 11.1 Å². The Bertz CT molecular complexity index is 324. The number of anilines is 2. The van der Waals surface area contributed by atoms with Crippen molar-refractivity contribution in [1.82, 2.24) is 0 Å². The number of rotatable bonds is 3. The maximum Gasteiger partial charge on any atom is 0.151 e. The molecule has 0 aromatic heterocycles. The number of halogens is 2. The highest BCUT2D eigenvalue weighted by Gasteiger charge is 2.07. The van der Waals surface area contributed by atoms with Crippen LogP contribution in [0.2, 0.25) is 0 Å². The molecule has 0 atom stereocenters. The van der Waals surface area contributed by atoms with Gasteiger partial charge in [-0.3, -0.25) is 0 Å². The van der Waals surface area contributed by atoms with Gasteiger partial charge in [0.05, 0.1) is 11.4 Å². The number of nitrogens with one attached hydrogen (secondary N) is 1. The van der Waals surface area contributed by atoms with Crippen LogP contribution in [0.5, 0.6) is 0 Å². The zero-order valence-corrected chi connectivity index (χ0v) is 8.27. The van der Waals surface area contributed by atoms with Gasteiger partial charge in [-0.05, 0) is 12.0 Å². The van der Waals surface area contributed by atoms with E-state index < -0.39 is 11.6 Å². The molecule has 3 N–H and O–H groups in total. The van der Waals surface area contributed by atoms with Crippen LogP contribution in [-0.2, 0) is 0 Å². The first-order chi connectivity index (χ1) is 6.50. The van der Waals surface area contributed by atoms with E-state index in [-0.39, 0.29) is 5.69 Å². The Morgan fingerprint density at radius 3 is 2.57 bits per heavy atom. The highest BCUT2D eigenvalue weighted by Crippen LogP contribution is 2.23. The van der Waals surface area contributed by atoms with Crippen molar-refractivity contribution in [2.45, 2.75) is 13.8 Å². The van der Waals surface area contributed by atoms with E-state index in [1.165, 1.54) is 6.07 Å². The van der Waals surface area contributed by atoms with Gasteiger partial charge in [-0.25, -0.2) is 8.78 Å². The summed E-state index contributed by atoms with van der Waals surface area (Å²) in [6.45, 7) is 4.63. The Morgan fingerprint density at radius 2 is 2.00 bits per heavy atom. The lowest BCUT2D eigenvalue weighted by Gasteiger charge is -2.11. The predicted octanol–water partition coefficient (Wildman–Crippen LogP) is 2.61. The lowest BCUT2D eigenvalue weighted by atomic mass is 10.2. The summed E-state index contributed by atoms with van der Waals surface area (Å²) >= 11 is 0. The molecule has 0 aliphatic carbocycles. The summed E-state index contributed by atoms with van der Waals surface area (Å²) in [7, 11) is 0. The summed E-state index contributed by atoms with van der Waals surface area (Å²) < 4.78 is 25.8. The van der Waals surface area contributed by atoms with Crippen LogP contribution in [-0.4, -0.2) is 6.54 Å². The lowest BCUT2D eigenvalue weighted by Crippen LogP contribution is -2.10. The molecule has 1 aromatic carbocycles. The Hall–Kier alpha value is -1.32. The first-order valence-corrected chi connectivity index (χ1v) is 4.49. The third-order valence-electron chi connectivity index (χ3n) is 1.80. The minimum Gasteiger partial charge on any atom is -0.395 e. The molecule has 1 rings (SSSR count). The summed E-state index contributed by atoms with van der Waals surface area (Å²) in [6, 6.07) is 1.97. The van der Waals surface area contributed by atoms with Gasteiger partial charge in [0.2, 0.25) is 0 Å². The molecule has 0 fully saturated rings. The van der Waals surface area contributed by atoms with E-state index >= 15 is 0 Å². The molecule has 0 bridgehead atoms. The van der Waals surface area contributed by atoms with Crippen molar-refractivity contribution in [3.63, 3.8) is 0 Å². The molecule has 0 saturated heterocycles. The Balaban J connectivity index is 2.85. The van der Waals surface area contributed by atoms with Gasteiger partial charge in [-0.2, -0.15) is 0 Å². The zero-order chi connectivity index (χ0) is 10.7. The topological polar surface area (TPSA) is 38.0 Å². The number of benzene rings is 1. The van der Waals surface area contributed by atoms with E-state index in [0.29, 0.717) is 18.2 Å². The molecule has 4 heteroatoms. The Morgan fingerprint density at radius 1 is 1.36 bits per heavy atom. The molecule has 14 heavy (non-hydrogen) atoms. The molecule has 0 heterocycles. The molecular formula is C10H14F2N2. The quantitative estimate of drug-likeness (QED) is 0.736. The first-order valence-electron chi connectivity index (χ1n) is 4.49. The second-order valence-corrected chi connectivity index (χ2v) is 3.62. The minimum absolute atomic E-state index is 0.0351. The van der Waals surface area contributed by atoms with Gasteiger partial charge in [0, 0.05) is 12.6 Å². The fraction of sp³-hybridized carbons (Fsp3) is 0.400. The van der Waals surface area contributed by atoms with Crippen molar-refractivity contribution < 1.29 is 8.78 Å². The largest absolute Gasteiger partial charge is 0.395 e. The molecule has 2 nitrogen and oxygen atoms in total. The summed E-state index contributed by atoms with van der Waals surface area (Å²) in [4.78, 5) is 0. The van der Waals surface area contributed by atoms with E-state index in [9.17, 15) is 8.78 Å². The Labute approximate surface area is 82.1 Å². The molecule has 0 aliphatic rings. The number of hydrogen-bond acceptors (Lipinski definition) is 2. The van der Waals surface area contributed by atoms with E-state index in [2.05, 4.69) is 5.32 Å². The van der Waals surface area contributed by atoms with Crippen LogP contribution in [0, 0.1) is 17.6 Å². The van der Waals surface area contributed by atoms with Crippen LogP contribution in [0.3, 0.4) is 0 Å². The lowest BCUT2D eigenvalue weighted by molar-refractivity contribution is 0.586. The predicted molar refractivity (Wildman–Crippen MR) is 54.1 cm³/mol. The average molecular weight is 200 g/mol. The summed E-state index contributed by atoms with van der Waals surface area (Å²) in [5.74, 6) is -0.958. The monoisotopic (exact) mass is 200 g/mol. The van der Waals surface area contributed by atoms with Crippen LogP contribution < -0.4 is 11.1 Å². The molecular weight excluding hydrogens is 186 g/mol. The Kier molecular flexibility index (Phi) is 3.28. The second-order valence-electron chi connectivity index (χ2n) is 3.62. The van der Waals surface area contributed by atoms with Crippen LogP contribution in [0.15, 0.2) is 12.1 Å².